The molecule has 0 saturated carbocycles. The van der Waals surface area contributed by atoms with Gasteiger partial charge in [0, 0.05) is 32.6 Å². The molecule has 2 aromatic carbocycles. The highest BCUT2D eigenvalue weighted by Crippen LogP contribution is 2.34. The predicted octanol–water partition coefficient (Wildman–Crippen LogP) is 3.42. The molecular weight excluding hydrogens is 378 g/mol. The van der Waals surface area contributed by atoms with Gasteiger partial charge in [-0.25, -0.2) is 0 Å². The van der Waals surface area contributed by atoms with Crippen LogP contribution in [0.25, 0.3) is 0 Å². The van der Waals surface area contributed by atoms with Gasteiger partial charge >= 0.3 is 0 Å². The van der Waals surface area contributed by atoms with Gasteiger partial charge in [-0.2, -0.15) is 0 Å². The normalized spacial score (nSPS) is 13.9. The van der Waals surface area contributed by atoms with Gasteiger partial charge in [0.05, 0.1) is 16.4 Å². The predicted molar refractivity (Wildman–Crippen MR) is 111 cm³/mol. The zero-order valence-electron chi connectivity index (χ0n) is 15.9. The lowest BCUT2D eigenvalue weighted by Crippen LogP contribution is -2.48. The summed E-state index contributed by atoms with van der Waals surface area (Å²) in [6.45, 7) is 4.39. The molecule has 1 heterocycles. The van der Waals surface area contributed by atoms with Gasteiger partial charge in [-0.3, -0.25) is 9.59 Å². The number of amides is 2. The number of ether oxygens (including phenoxy) is 1. The van der Waals surface area contributed by atoms with Gasteiger partial charge in [-0.15, -0.1) is 0 Å². The molecule has 1 saturated heterocycles. The number of para-hydroxylation sites is 2. The van der Waals surface area contributed by atoms with Crippen LogP contribution in [0.15, 0.2) is 48.5 Å². The van der Waals surface area contributed by atoms with Gasteiger partial charge in [-0.05, 0) is 24.3 Å². The first-order chi connectivity index (χ1) is 13.6. The summed E-state index contributed by atoms with van der Waals surface area (Å²) in [5, 5.41) is 3.46. The molecule has 3 rings (SSSR count). The Bertz CT molecular complexity index is 821. The molecule has 28 heavy (non-hydrogen) atoms. The zero-order chi connectivity index (χ0) is 19.9. The summed E-state index contributed by atoms with van der Waals surface area (Å²) in [7, 11) is 0. The van der Waals surface area contributed by atoms with Gasteiger partial charge < -0.3 is 19.9 Å². The average molecular weight is 402 g/mol. The zero-order valence-corrected chi connectivity index (χ0v) is 16.6. The van der Waals surface area contributed by atoms with Crippen LogP contribution < -0.4 is 15.0 Å². The molecule has 0 aliphatic carbocycles. The monoisotopic (exact) mass is 401 g/mol. The van der Waals surface area contributed by atoms with Crippen LogP contribution in [0.3, 0.4) is 0 Å². The Kier molecular flexibility index (Phi) is 6.76. The summed E-state index contributed by atoms with van der Waals surface area (Å²) in [6.07, 6.45) is 0.509. The van der Waals surface area contributed by atoms with Crippen LogP contribution in [0.4, 0.5) is 11.4 Å². The number of hydrogen-bond donors (Lipinski definition) is 1. The molecule has 1 aliphatic heterocycles. The van der Waals surface area contributed by atoms with Gasteiger partial charge in [0.1, 0.15) is 5.75 Å². The molecule has 1 fully saturated rings. The quantitative estimate of drug-likeness (QED) is 0.805. The lowest BCUT2D eigenvalue weighted by Gasteiger charge is -2.37. The number of benzene rings is 2. The molecule has 6 nitrogen and oxygen atoms in total. The third-order valence-corrected chi connectivity index (χ3v) is 4.93. The van der Waals surface area contributed by atoms with Crippen molar-refractivity contribution in [2.24, 2.45) is 0 Å². The van der Waals surface area contributed by atoms with Crippen molar-refractivity contribution in [1.29, 1.82) is 0 Å². The molecule has 2 aromatic rings. The molecule has 1 N–H and O–H groups in total. The summed E-state index contributed by atoms with van der Waals surface area (Å²) < 4.78 is 5.51. The average Bonchev–Trinajstić information content (AvgIpc) is 2.73. The summed E-state index contributed by atoms with van der Waals surface area (Å²) in [4.78, 5) is 28.2. The molecule has 0 unspecified atom stereocenters. The molecular formula is C21H24ClN3O3. The van der Waals surface area contributed by atoms with Crippen molar-refractivity contribution in [2.45, 2.75) is 13.3 Å². The second-order valence-electron chi connectivity index (χ2n) is 6.51. The van der Waals surface area contributed by atoms with Crippen LogP contribution in [-0.4, -0.2) is 49.5 Å². The number of hydrogen-bond acceptors (Lipinski definition) is 4. The van der Waals surface area contributed by atoms with Crippen LogP contribution in [-0.2, 0) is 9.59 Å². The standard InChI is InChI=1S/C21H24ClN3O3/c1-2-20(27)24-11-13-25(14-12-24)21-17(22)9-6-10-18(21)23-19(26)15-28-16-7-4-3-5-8-16/h3-10H,2,11-15H2,1H3,(H,23,26). The Morgan fingerprint density at radius 1 is 1.04 bits per heavy atom. The van der Waals surface area contributed by atoms with E-state index in [0.29, 0.717) is 49.1 Å². The van der Waals surface area contributed by atoms with Crippen LogP contribution in [0, 0.1) is 0 Å². The van der Waals surface area contributed by atoms with Crippen molar-refractivity contribution in [2.75, 3.05) is 43.0 Å². The lowest BCUT2D eigenvalue weighted by atomic mass is 10.2. The summed E-state index contributed by atoms with van der Waals surface area (Å²) in [6, 6.07) is 14.6. The summed E-state index contributed by atoms with van der Waals surface area (Å²) in [5.74, 6) is 0.540. The second-order valence-corrected chi connectivity index (χ2v) is 6.91. The Hall–Kier alpha value is -2.73. The second kappa shape index (κ2) is 9.46. The number of rotatable bonds is 6. The van der Waals surface area contributed by atoms with Crippen LogP contribution in [0.5, 0.6) is 5.75 Å². The fourth-order valence-electron chi connectivity index (χ4n) is 3.19. The van der Waals surface area contributed by atoms with E-state index in [1.165, 1.54) is 0 Å². The topological polar surface area (TPSA) is 61.9 Å². The third kappa shape index (κ3) is 4.95. The molecule has 0 atom stereocenters. The highest BCUT2D eigenvalue weighted by molar-refractivity contribution is 6.34. The molecule has 148 valence electrons. The number of nitrogens with one attached hydrogen (secondary N) is 1. The van der Waals surface area contributed by atoms with Gasteiger partial charge in [-0.1, -0.05) is 42.8 Å². The summed E-state index contributed by atoms with van der Waals surface area (Å²) >= 11 is 6.44. The Morgan fingerprint density at radius 2 is 1.75 bits per heavy atom. The van der Waals surface area contributed by atoms with E-state index in [4.69, 9.17) is 16.3 Å². The fraction of sp³-hybridized carbons (Fsp3) is 0.333. The number of carbonyl (C=O) groups excluding carboxylic acids is 2. The third-order valence-electron chi connectivity index (χ3n) is 4.63. The van der Waals surface area contributed by atoms with E-state index in [2.05, 4.69) is 10.2 Å². The number of halogens is 1. The molecule has 0 spiro atoms. The molecule has 0 bridgehead atoms. The molecule has 1 aliphatic rings. The minimum absolute atomic E-state index is 0.0885. The van der Waals surface area contributed by atoms with Crippen molar-refractivity contribution in [3.05, 3.63) is 53.6 Å². The first-order valence-corrected chi connectivity index (χ1v) is 9.75. The Labute approximate surface area is 170 Å². The summed E-state index contributed by atoms with van der Waals surface area (Å²) in [5.41, 5.74) is 1.42. The van der Waals surface area contributed by atoms with Crippen molar-refractivity contribution < 1.29 is 14.3 Å². The Morgan fingerprint density at radius 3 is 2.43 bits per heavy atom. The van der Waals surface area contributed by atoms with Crippen molar-refractivity contribution in [3.8, 4) is 5.75 Å². The molecule has 2 amide bonds. The fourth-order valence-corrected chi connectivity index (χ4v) is 3.49. The maximum absolute atomic E-state index is 12.4. The van der Waals surface area contributed by atoms with Crippen molar-refractivity contribution in [3.63, 3.8) is 0 Å². The number of anilines is 2. The molecule has 0 aromatic heterocycles. The highest BCUT2D eigenvalue weighted by atomic mass is 35.5. The van der Waals surface area contributed by atoms with E-state index in [-0.39, 0.29) is 18.4 Å². The number of piperazine rings is 1. The molecule has 7 heteroatoms. The van der Waals surface area contributed by atoms with E-state index in [9.17, 15) is 9.59 Å². The van der Waals surface area contributed by atoms with Crippen LogP contribution in [0.1, 0.15) is 13.3 Å². The first kappa shape index (κ1) is 20.0. The largest absolute Gasteiger partial charge is 0.484 e. The minimum atomic E-state index is -0.257. The first-order valence-electron chi connectivity index (χ1n) is 9.37. The smallest absolute Gasteiger partial charge is 0.262 e. The van der Waals surface area contributed by atoms with E-state index in [1.54, 1.807) is 24.3 Å². The number of carbonyl (C=O) groups is 2. The molecule has 0 radical (unpaired) electrons. The van der Waals surface area contributed by atoms with Crippen molar-refractivity contribution in [1.82, 2.24) is 4.90 Å². The van der Waals surface area contributed by atoms with Gasteiger partial charge in [0.25, 0.3) is 5.91 Å². The SMILES string of the molecule is CCC(=O)N1CCN(c2c(Cl)cccc2NC(=O)COc2ccccc2)CC1. The number of nitrogens with zero attached hydrogens (tertiary/aromatic N) is 2. The minimum Gasteiger partial charge on any atom is -0.484 e. The maximum Gasteiger partial charge on any atom is 0.262 e. The maximum atomic E-state index is 12.4. The van der Waals surface area contributed by atoms with Crippen LogP contribution in [0.2, 0.25) is 5.02 Å². The van der Waals surface area contributed by atoms with Gasteiger partial charge in [0.15, 0.2) is 6.61 Å². The van der Waals surface area contributed by atoms with Crippen LogP contribution >= 0.6 is 11.6 Å². The highest BCUT2D eigenvalue weighted by Gasteiger charge is 2.23. The van der Waals surface area contributed by atoms with E-state index in [0.717, 1.165) is 5.69 Å². The van der Waals surface area contributed by atoms with Crippen molar-refractivity contribution >= 4 is 34.8 Å². The lowest BCUT2D eigenvalue weighted by molar-refractivity contribution is -0.131. The Balaban J connectivity index is 1.65. The van der Waals surface area contributed by atoms with Gasteiger partial charge in [0.2, 0.25) is 5.91 Å². The van der Waals surface area contributed by atoms with E-state index in [1.807, 2.05) is 36.1 Å². The van der Waals surface area contributed by atoms with E-state index < -0.39 is 0 Å². The van der Waals surface area contributed by atoms with E-state index >= 15 is 0 Å².